The van der Waals surface area contributed by atoms with Gasteiger partial charge in [-0.2, -0.15) is 0 Å². The topological polar surface area (TPSA) is 25.8 Å². The molecule has 0 bridgehead atoms. The van der Waals surface area contributed by atoms with Crippen LogP contribution in [0.1, 0.15) is 5.56 Å². The van der Waals surface area contributed by atoms with Crippen molar-refractivity contribution in [3.63, 3.8) is 0 Å². The molecular weight excluding hydrogens is 332 g/mol. The van der Waals surface area contributed by atoms with Crippen molar-refractivity contribution in [2.45, 2.75) is 6.92 Å². The molecule has 0 N–H and O–H groups in total. The molecule has 0 radical (unpaired) electrons. The fraction of sp³-hybridized carbons (Fsp3) is 0.0769. The van der Waals surface area contributed by atoms with Crippen LogP contribution in [0.4, 0.5) is 0 Å². The van der Waals surface area contributed by atoms with Gasteiger partial charge in [0.15, 0.2) is 0 Å². The van der Waals surface area contributed by atoms with Gasteiger partial charge in [-0.05, 0) is 36.2 Å². The summed E-state index contributed by atoms with van der Waals surface area (Å²) >= 11 is 11.2. The van der Waals surface area contributed by atoms with Crippen LogP contribution in [0.25, 0.3) is 20.7 Å². The third-order valence-electron chi connectivity index (χ3n) is 2.59. The molecule has 0 unspecified atom stereocenters. The van der Waals surface area contributed by atoms with E-state index in [4.69, 9.17) is 11.6 Å². The Morgan fingerprint density at radius 2 is 2.00 bits per heavy atom. The lowest BCUT2D eigenvalue weighted by molar-refractivity contribution is 1.23. The summed E-state index contributed by atoms with van der Waals surface area (Å²) in [7, 11) is 0. The fourth-order valence-electron chi connectivity index (χ4n) is 1.85. The van der Waals surface area contributed by atoms with Gasteiger partial charge in [-0.1, -0.05) is 33.6 Å². The number of rotatable bonds is 1. The molecule has 0 aliphatic heterocycles. The first kappa shape index (κ1) is 12.1. The summed E-state index contributed by atoms with van der Waals surface area (Å²) in [5, 5.41) is 0.517. The fourth-order valence-corrected chi connectivity index (χ4v) is 3.69. The lowest BCUT2D eigenvalue weighted by atomic mass is 10.1. The smallest absolute Gasteiger partial charge is 0.150 e. The lowest BCUT2D eigenvalue weighted by Gasteiger charge is -2.00. The Balaban J connectivity index is 2.22. The minimum atomic E-state index is 0.517. The Hall–Kier alpha value is -0.970. The molecule has 0 saturated heterocycles. The molecular formula is C13H8BrClN2S. The predicted molar refractivity (Wildman–Crippen MR) is 80.3 cm³/mol. The molecule has 2 nitrogen and oxygen atoms in total. The van der Waals surface area contributed by atoms with Gasteiger partial charge in [0.2, 0.25) is 0 Å². The van der Waals surface area contributed by atoms with Crippen molar-refractivity contribution in [2.75, 3.05) is 0 Å². The van der Waals surface area contributed by atoms with E-state index in [2.05, 4.69) is 57.1 Å². The van der Waals surface area contributed by atoms with Crippen LogP contribution in [0.2, 0.25) is 5.15 Å². The van der Waals surface area contributed by atoms with Crippen molar-refractivity contribution < 1.29 is 0 Å². The van der Waals surface area contributed by atoms with E-state index in [-0.39, 0.29) is 0 Å². The molecule has 2 heterocycles. The Labute approximate surface area is 122 Å². The van der Waals surface area contributed by atoms with Crippen LogP contribution in [0.5, 0.6) is 0 Å². The molecule has 5 heteroatoms. The number of halogens is 2. The highest BCUT2D eigenvalue weighted by atomic mass is 79.9. The number of hydrogen-bond donors (Lipinski definition) is 0. The van der Waals surface area contributed by atoms with E-state index < -0.39 is 0 Å². The van der Waals surface area contributed by atoms with Crippen molar-refractivity contribution in [3.05, 3.63) is 45.8 Å². The molecule has 0 saturated carbocycles. The molecule has 1 aromatic carbocycles. The van der Waals surface area contributed by atoms with Gasteiger partial charge >= 0.3 is 0 Å². The van der Waals surface area contributed by atoms with Crippen LogP contribution in [0.15, 0.2) is 35.1 Å². The number of hydrogen-bond acceptors (Lipinski definition) is 3. The molecule has 0 aliphatic carbocycles. The molecule has 3 aromatic rings. The largest absolute Gasteiger partial charge is 0.235 e. The average Bonchev–Trinajstić information content (AvgIpc) is 2.73. The Kier molecular flexibility index (Phi) is 3.09. The van der Waals surface area contributed by atoms with E-state index >= 15 is 0 Å². The maximum absolute atomic E-state index is 6.07. The number of benzene rings is 1. The third kappa shape index (κ3) is 2.16. The second-order valence-electron chi connectivity index (χ2n) is 4.01. The van der Waals surface area contributed by atoms with Crippen molar-refractivity contribution >= 4 is 49.1 Å². The van der Waals surface area contributed by atoms with Crippen LogP contribution in [-0.4, -0.2) is 9.97 Å². The maximum Gasteiger partial charge on any atom is 0.150 e. The highest BCUT2D eigenvalue weighted by Crippen LogP contribution is 2.36. The van der Waals surface area contributed by atoms with Crippen LogP contribution in [0, 0.1) is 6.92 Å². The monoisotopic (exact) mass is 338 g/mol. The van der Waals surface area contributed by atoms with E-state index in [0.717, 1.165) is 19.6 Å². The highest BCUT2D eigenvalue weighted by Gasteiger charge is 2.09. The zero-order valence-electron chi connectivity index (χ0n) is 9.45. The quantitative estimate of drug-likeness (QED) is 0.578. The molecule has 0 amide bonds. The van der Waals surface area contributed by atoms with Crippen LogP contribution >= 0.6 is 38.9 Å². The van der Waals surface area contributed by atoms with Crippen molar-refractivity contribution in [1.82, 2.24) is 9.97 Å². The summed E-state index contributed by atoms with van der Waals surface area (Å²) in [4.78, 5) is 9.39. The minimum Gasteiger partial charge on any atom is -0.235 e. The summed E-state index contributed by atoms with van der Waals surface area (Å²) in [5.74, 6) is 0. The molecule has 0 aliphatic rings. The van der Waals surface area contributed by atoms with Gasteiger partial charge in [0.25, 0.3) is 0 Å². The van der Waals surface area contributed by atoms with Crippen molar-refractivity contribution in [2.24, 2.45) is 0 Å². The van der Waals surface area contributed by atoms with Gasteiger partial charge in [0.05, 0.1) is 10.2 Å². The first-order valence-electron chi connectivity index (χ1n) is 5.31. The van der Waals surface area contributed by atoms with Gasteiger partial charge < -0.3 is 0 Å². The third-order valence-corrected chi connectivity index (χ3v) is 4.63. The Bertz CT molecular complexity index is 719. The van der Waals surface area contributed by atoms with Gasteiger partial charge in [0, 0.05) is 9.35 Å². The standard InChI is InChI=1S/C13H8BrClN2S/c1-7-2-8(4-9(14)3-7)11-5-10-12(18-11)13(15)17-6-16-10/h2-6H,1H3. The van der Waals surface area contributed by atoms with Crippen LogP contribution in [-0.2, 0) is 0 Å². The summed E-state index contributed by atoms with van der Waals surface area (Å²) in [6.07, 6.45) is 1.49. The zero-order valence-corrected chi connectivity index (χ0v) is 12.6. The van der Waals surface area contributed by atoms with E-state index in [1.165, 1.54) is 17.5 Å². The Morgan fingerprint density at radius 3 is 2.72 bits per heavy atom. The summed E-state index contributed by atoms with van der Waals surface area (Å²) in [6.45, 7) is 2.08. The average molecular weight is 340 g/mol. The van der Waals surface area contributed by atoms with Gasteiger partial charge in [-0.15, -0.1) is 11.3 Å². The van der Waals surface area contributed by atoms with Gasteiger partial charge in [0.1, 0.15) is 11.5 Å². The summed E-state index contributed by atoms with van der Waals surface area (Å²) in [5.41, 5.74) is 3.28. The molecule has 0 atom stereocenters. The molecule has 2 aromatic heterocycles. The molecule has 18 heavy (non-hydrogen) atoms. The van der Waals surface area contributed by atoms with Crippen molar-refractivity contribution in [3.8, 4) is 10.4 Å². The summed E-state index contributed by atoms with van der Waals surface area (Å²) in [6, 6.07) is 8.38. The molecule has 0 spiro atoms. The second-order valence-corrected chi connectivity index (χ2v) is 6.33. The minimum absolute atomic E-state index is 0.517. The predicted octanol–water partition coefficient (Wildman–Crippen LogP) is 5.08. The normalized spacial score (nSPS) is 11.1. The first-order chi connectivity index (χ1) is 8.63. The first-order valence-corrected chi connectivity index (χ1v) is 7.30. The number of thiophene rings is 1. The van der Waals surface area contributed by atoms with E-state index in [1.807, 2.05) is 0 Å². The Morgan fingerprint density at radius 1 is 1.17 bits per heavy atom. The zero-order chi connectivity index (χ0) is 12.7. The number of nitrogens with zero attached hydrogens (tertiary/aromatic N) is 2. The number of aromatic nitrogens is 2. The van der Waals surface area contributed by atoms with E-state index in [0.29, 0.717) is 5.15 Å². The van der Waals surface area contributed by atoms with E-state index in [1.54, 1.807) is 11.3 Å². The van der Waals surface area contributed by atoms with Crippen LogP contribution < -0.4 is 0 Å². The molecule has 90 valence electrons. The SMILES string of the molecule is Cc1cc(Br)cc(-c2cc3ncnc(Cl)c3s2)c1. The number of fused-ring (bicyclic) bond motifs is 1. The van der Waals surface area contributed by atoms with E-state index in [9.17, 15) is 0 Å². The second kappa shape index (κ2) is 4.61. The lowest BCUT2D eigenvalue weighted by Crippen LogP contribution is -1.77. The summed E-state index contributed by atoms with van der Waals surface area (Å²) < 4.78 is 2.01. The van der Waals surface area contributed by atoms with Gasteiger partial charge in [-0.25, -0.2) is 9.97 Å². The van der Waals surface area contributed by atoms with Crippen molar-refractivity contribution in [1.29, 1.82) is 0 Å². The maximum atomic E-state index is 6.07. The molecule has 0 fully saturated rings. The van der Waals surface area contributed by atoms with Crippen LogP contribution in [0.3, 0.4) is 0 Å². The molecule has 3 rings (SSSR count). The van der Waals surface area contributed by atoms with Gasteiger partial charge in [-0.3, -0.25) is 0 Å². The number of aryl methyl sites for hydroxylation is 1. The highest BCUT2D eigenvalue weighted by molar-refractivity contribution is 9.10.